The van der Waals surface area contributed by atoms with Crippen LogP contribution in [-0.4, -0.2) is 77.2 Å². The van der Waals surface area contributed by atoms with E-state index in [0.717, 1.165) is 36.6 Å². The summed E-state index contributed by atoms with van der Waals surface area (Å²) in [6, 6.07) is 16.0. The van der Waals surface area contributed by atoms with Gasteiger partial charge in [-0.25, -0.2) is 13.6 Å². The summed E-state index contributed by atoms with van der Waals surface area (Å²) in [7, 11) is 0. The molecule has 0 aromatic heterocycles. The molecule has 3 rings (SSSR count). The molecule has 0 unspecified atom stereocenters. The molecule has 0 radical (unpaired) electrons. The van der Waals surface area contributed by atoms with Crippen molar-refractivity contribution in [2.24, 2.45) is 0 Å². The van der Waals surface area contributed by atoms with Crippen molar-refractivity contribution in [3.05, 3.63) is 106 Å². The van der Waals surface area contributed by atoms with E-state index in [-0.39, 0.29) is 54.8 Å². The van der Waals surface area contributed by atoms with Crippen molar-refractivity contribution in [3.63, 3.8) is 0 Å². The van der Waals surface area contributed by atoms with Crippen LogP contribution >= 0.6 is 0 Å². The van der Waals surface area contributed by atoms with Crippen molar-refractivity contribution in [2.45, 2.75) is 110 Å². The summed E-state index contributed by atoms with van der Waals surface area (Å²) in [5.41, 5.74) is 1.77. The van der Waals surface area contributed by atoms with E-state index in [2.05, 4.69) is 16.0 Å². The van der Waals surface area contributed by atoms with Gasteiger partial charge in [-0.05, 0) is 113 Å². The van der Waals surface area contributed by atoms with Crippen molar-refractivity contribution in [1.82, 2.24) is 20.9 Å². The molecule has 0 saturated carbocycles. The molecule has 0 aliphatic carbocycles. The van der Waals surface area contributed by atoms with Crippen LogP contribution in [0.25, 0.3) is 0 Å². The number of carbonyl (C=O) groups is 4. The molecule has 0 spiro atoms. The van der Waals surface area contributed by atoms with Crippen LogP contribution in [-0.2, 0) is 22.4 Å². The fraction of sp³-hybridized carbons (Fsp3) is 0.476. The number of rotatable bonds is 19. The van der Waals surface area contributed by atoms with Gasteiger partial charge >= 0.3 is 6.09 Å². The SMILES string of the molecule is CCCN(CCC)C(=O)c1cc(C)cc(C(=O)N[C@H](Cc2cc(F)cc(F)c2)[C@H](O)CCNC(=O)CC[C@@H](Cc2ccccc2)NC(=O)OC(C)(C)C)c1. The number of nitrogens with zero attached hydrogens (tertiary/aromatic N) is 1. The number of halogens is 2. The normalized spacial score (nSPS) is 13.0. The lowest BCUT2D eigenvalue weighted by Crippen LogP contribution is -2.46. The fourth-order valence-electron chi connectivity index (χ4n) is 6.15. The Morgan fingerprint density at radius 1 is 0.815 bits per heavy atom. The number of aliphatic hydroxyl groups is 1. The number of hydrogen-bond acceptors (Lipinski definition) is 6. The Morgan fingerprint density at radius 2 is 1.44 bits per heavy atom. The predicted octanol–water partition coefficient (Wildman–Crippen LogP) is 6.66. The lowest BCUT2D eigenvalue weighted by atomic mass is 9.97. The van der Waals surface area contributed by atoms with Crippen molar-refractivity contribution in [1.29, 1.82) is 0 Å². The van der Waals surface area contributed by atoms with Crippen LogP contribution in [0.5, 0.6) is 0 Å². The van der Waals surface area contributed by atoms with E-state index < -0.39 is 41.4 Å². The summed E-state index contributed by atoms with van der Waals surface area (Å²) in [4.78, 5) is 54.2. The average Bonchev–Trinajstić information content (AvgIpc) is 3.08. The number of ether oxygens (including phenoxy) is 1. The third-order valence-corrected chi connectivity index (χ3v) is 8.55. The molecular weight excluding hydrogens is 694 g/mol. The number of aryl methyl sites for hydroxylation is 1. The van der Waals surface area contributed by atoms with Crippen LogP contribution < -0.4 is 16.0 Å². The molecule has 12 heteroatoms. The minimum atomic E-state index is -1.23. The van der Waals surface area contributed by atoms with E-state index >= 15 is 0 Å². The van der Waals surface area contributed by atoms with Gasteiger partial charge in [-0.15, -0.1) is 0 Å². The van der Waals surface area contributed by atoms with Gasteiger partial charge in [0.15, 0.2) is 0 Å². The molecule has 3 aromatic rings. The van der Waals surface area contributed by atoms with E-state index in [4.69, 9.17) is 4.74 Å². The fourth-order valence-corrected chi connectivity index (χ4v) is 6.15. The van der Waals surface area contributed by atoms with Crippen molar-refractivity contribution in [3.8, 4) is 0 Å². The van der Waals surface area contributed by atoms with E-state index in [9.17, 15) is 33.1 Å². The molecule has 54 heavy (non-hydrogen) atoms. The first kappa shape index (κ1) is 43.6. The molecule has 294 valence electrons. The van der Waals surface area contributed by atoms with Crippen molar-refractivity contribution in [2.75, 3.05) is 19.6 Å². The minimum Gasteiger partial charge on any atom is -0.444 e. The smallest absolute Gasteiger partial charge is 0.407 e. The highest BCUT2D eigenvalue weighted by molar-refractivity contribution is 6.00. The molecule has 0 heterocycles. The summed E-state index contributed by atoms with van der Waals surface area (Å²) in [5.74, 6) is -2.66. The highest BCUT2D eigenvalue weighted by Gasteiger charge is 2.25. The monoisotopic (exact) mass is 750 g/mol. The second kappa shape index (κ2) is 21.2. The number of alkyl carbamates (subject to hydrolysis) is 1. The third-order valence-electron chi connectivity index (χ3n) is 8.55. The summed E-state index contributed by atoms with van der Waals surface area (Å²) >= 11 is 0. The van der Waals surface area contributed by atoms with Crippen molar-refractivity contribution < 1.29 is 37.8 Å². The van der Waals surface area contributed by atoms with Gasteiger partial charge in [0.25, 0.3) is 11.8 Å². The molecule has 3 aromatic carbocycles. The highest BCUT2D eigenvalue weighted by Crippen LogP contribution is 2.17. The van der Waals surface area contributed by atoms with E-state index in [0.29, 0.717) is 37.1 Å². The Morgan fingerprint density at radius 3 is 2.06 bits per heavy atom. The number of amides is 4. The van der Waals surface area contributed by atoms with E-state index in [1.54, 1.807) is 44.7 Å². The first-order valence-electron chi connectivity index (χ1n) is 18.7. The molecule has 0 fully saturated rings. The maximum absolute atomic E-state index is 14.1. The van der Waals surface area contributed by atoms with Crippen LogP contribution in [0.1, 0.15) is 104 Å². The molecule has 10 nitrogen and oxygen atoms in total. The van der Waals surface area contributed by atoms with Gasteiger partial charge < -0.3 is 30.7 Å². The predicted molar refractivity (Wildman–Crippen MR) is 205 cm³/mol. The lowest BCUT2D eigenvalue weighted by molar-refractivity contribution is -0.121. The third kappa shape index (κ3) is 15.3. The number of aliphatic hydroxyl groups excluding tert-OH is 1. The molecule has 0 saturated heterocycles. The highest BCUT2D eigenvalue weighted by atomic mass is 19.1. The topological polar surface area (TPSA) is 137 Å². The van der Waals surface area contributed by atoms with Crippen LogP contribution in [0.15, 0.2) is 66.7 Å². The Balaban J connectivity index is 1.69. The Kier molecular flexibility index (Phi) is 17.1. The van der Waals surface area contributed by atoms with Gasteiger partial charge in [-0.1, -0.05) is 44.2 Å². The molecule has 4 N–H and O–H groups in total. The molecule has 0 bridgehead atoms. The summed E-state index contributed by atoms with van der Waals surface area (Å²) < 4.78 is 33.7. The van der Waals surface area contributed by atoms with Gasteiger partial charge in [-0.3, -0.25) is 14.4 Å². The van der Waals surface area contributed by atoms with Crippen LogP contribution in [0, 0.1) is 18.6 Å². The average molecular weight is 751 g/mol. The van der Waals surface area contributed by atoms with Gasteiger partial charge in [0.05, 0.1) is 12.1 Å². The van der Waals surface area contributed by atoms with Crippen LogP contribution in [0.3, 0.4) is 0 Å². The Hall–Kier alpha value is -4.84. The number of hydrogen-bond donors (Lipinski definition) is 4. The van der Waals surface area contributed by atoms with Crippen LogP contribution in [0.2, 0.25) is 0 Å². The van der Waals surface area contributed by atoms with Gasteiger partial charge in [0, 0.05) is 49.3 Å². The first-order valence-corrected chi connectivity index (χ1v) is 18.7. The summed E-state index contributed by atoms with van der Waals surface area (Å²) in [5, 5.41) is 19.8. The molecular formula is C42H56F2N4O6. The molecule has 0 aliphatic heterocycles. The second-order valence-electron chi connectivity index (χ2n) is 14.7. The zero-order valence-electron chi connectivity index (χ0n) is 32.3. The number of carbonyl (C=O) groups excluding carboxylic acids is 4. The molecule has 3 atom stereocenters. The van der Waals surface area contributed by atoms with Crippen molar-refractivity contribution >= 4 is 23.8 Å². The van der Waals surface area contributed by atoms with Crippen LogP contribution in [0.4, 0.5) is 13.6 Å². The summed E-state index contributed by atoms with van der Waals surface area (Å²) in [6.45, 7) is 12.3. The standard InChI is InChI=1S/C42H56F2N4O6/c1-7-18-48(19-8-2)40(52)32-21-28(3)20-31(26-32)39(51)47-36(25-30-22-33(43)27-34(44)23-30)37(49)16-17-45-38(50)15-14-35(24-29-12-10-9-11-13-29)46-41(53)54-42(4,5)6/h9-13,20-23,26-27,35-37,49H,7-8,14-19,24-25H2,1-6H3,(H,45,50)(H,46,53)(H,47,51)/t35-,36+,37+/m0/s1. The van der Waals surface area contributed by atoms with Gasteiger partial charge in [-0.2, -0.15) is 0 Å². The van der Waals surface area contributed by atoms with E-state index in [1.165, 1.54) is 6.07 Å². The maximum Gasteiger partial charge on any atom is 0.407 e. The molecule has 4 amide bonds. The Labute approximate surface area is 318 Å². The maximum atomic E-state index is 14.1. The first-order chi connectivity index (χ1) is 25.6. The largest absolute Gasteiger partial charge is 0.444 e. The number of nitrogens with one attached hydrogen (secondary N) is 3. The Bertz CT molecular complexity index is 1670. The zero-order valence-corrected chi connectivity index (χ0v) is 32.3. The lowest BCUT2D eigenvalue weighted by Gasteiger charge is -2.25. The van der Waals surface area contributed by atoms with Gasteiger partial charge in [0.1, 0.15) is 17.2 Å². The molecule has 0 aliphatic rings. The number of benzene rings is 3. The van der Waals surface area contributed by atoms with Gasteiger partial charge in [0.2, 0.25) is 5.91 Å². The minimum absolute atomic E-state index is 0.0125. The van der Waals surface area contributed by atoms with E-state index in [1.807, 2.05) is 44.2 Å². The zero-order chi connectivity index (χ0) is 39.8. The summed E-state index contributed by atoms with van der Waals surface area (Å²) in [6.07, 6.45) is 0.552. The quantitative estimate of drug-likeness (QED) is 0.108. The second-order valence-corrected chi connectivity index (χ2v) is 14.7.